The Bertz CT molecular complexity index is 641. The molecular weight excluding hydrogens is 230 g/mol. The van der Waals surface area contributed by atoms with E-state index >= 15 is 0 Å². The summed E-state index contributed by atoms with van der Waals surface area (Å²) >= 11 is 0. The fourth-order valence-electron chi connectivity index (χ4n) is 1.77. The first-order chi connectivity index (χ1) is 8.83. The molecule has 0 saturated carbocycles. The summed E-state index contributed by atoms with van der Waals surface area (Å²) in [7, 11) is 0. The van der Waals surface area contributed by atoms with Crippen LogP contribution in [0.25, 0.3) is 5.69 Å². The maximum atomic E-state index is 4.09. The van der Waals surface area contributed by atoms with Crippen LogP contribution in [0, 0.1) is 6.92 Å². The number of benzene rings is 1. The molecule has 0 spiro atoms. The molecule has 2 heterocycles. The molecule has 0 aliphatic carbocycles. The Kier molecular flexibility index (Phi) is 2.56. The van der Waals surface area contributed by atoms with Crippen LogP contribution in [0.4, 0.5) is 0 Å². The predicted molar refractivity (Wildman–Crippen MR) is 63.1 cm³/mol. The van der Waals surface area contributed by atoms with Crippen molar-refractivity contribution >= 4 is 0 Å². The molecule has 0 aliphatic heterocycles. The number of hydrogen-bond donors (Lipinski definition) is 1. The molecule has 18 heavy (non-hydrogen) atoms. The first-order valence-electron chi connectivity index (χ1n) is 5.51. The summed E-state index contributed by atoms with van der Waals surface area (Å²) in [4.78, 5) is 0. The molecule has 0 fully saturated rings. The lowest BCUT2D eigenvalue weighted by atomic mass is 10.2. The molecule has 2 aromatic heterocycles. The number of nitrogens with zero attached hydrogens (tertiary/aromatic N) is 6. The van der Waals surface area contributed by atoms with E-state index in [1.165, 1.54) is 5.56 Å². The van der Waals surface area contributed by atoms with Gasteiger partial charge in [-0.1, -0.05) is 17.3 Å². The molecule has 0 aliphatic rings. The van der Waals surface area contributed by atoms with Crippen LogP contribution < -0.4 is 0 Å². The Labute approximate surface area is 103 Å². The van der Waals surface area contributed by atoms with Gasteiger partial charge in [0.25, 0.3) is 0 Å². The highest BCUT2D eigenvalue weighted by Crippen LogP contribution is 2.12. The van der Waals surface area contributed by atoms with E-state index in [0.29, 0.717) is 12.2 Å². The van der Waals surface area contributed by atoms with E-state index < -0.39 is 0 Å². The first kappa shape index (κ1) is 10.6. The molecule has 3 rings (SSSR count). The molecule has 0 bridgehead atoms. The van der Waals surface area contributed by atoms with Crippen LogP contribution in [0.2, 0.25) is 0 Å². The summed E-state index contributed by atoms with van der Waals surface area (Å²) in [6.45, 7) is 2.05. The molecule has 1 aromatic carbocycles. The van der Waals surface area contributed by atoms with Crippen molar-refractivity contribution in [1.82, 2.24) is 35.4 Å². The molecule has 0 unspecified atom stereocenters. The van der Waals surface area contributed by atoms with Gasteiger partial charge in [-0.3, -0.25) is 4.57 Å². The fraction of sp³-hybridized carbons (Fsp3) is 0.182. The summed E-state index contributed by atoms with van der Waals surface area (Å²) in [5.41, 5.74) is 2.21. The van der Waals surface area contributed by atoms with Gasteiger partial charge in [0.1, 0.15) is 12.2 Å². The van der Waals surface area contributed by atoms with E-state index in [2.05, 4.69) is 36.9 Å². The Morgan fingerprint density at radius 2 is 2.22 bits per heavy atom. The van der Waals surface area contributed by atoms with Crippen LogP contribution in [0.3, 0.4) is 0 Å². The van der Waals surface area contributed by atoms with Crippen LogP contribution in [0.1, 0.15) is 17.2 Å². The number of H-pyrrole nitrogens is 1. The average molecular weight is 241 g/mol. The van der Waals surface area contributed by atoms with Crippen LogP contribution in [-0.4, -0.2) is 35.4 Å². The van der Waals surface area contributed by atoms with Gasteiger partial charge >= 0.3 is 0 Å². The van der Waals surface area contributed by atoms with E-state index in [9.17, 15) is 0 Å². The number of nitrogens with one attached hydrogen (secondary N) is 1. The Morgan fingerprint density at radius 3 is 3.00 bits per heavy atom. The van der Waals surface area contributed by atoms with Gasteiger partial charge in [-0.2, -0.15) is 5.21 Å². The van der Waals surface area contributed by atoms with Gasteiger partial charge in [-0.25, -0.2) is 0 Å². The smallest absolute Gasteiger partial charge is 0.182 e. The van der Waals surface area contributed by atoms with E-state index in [4.69, 9.17) is 0 Å². The second-order valence-corrected chi connectivity index (χ2v) is 3.96. The number of hydrogen-bond acceptors (Lipinski definition) is 5. The van der Waals surface area contributed by atoms with Gasteiger partial charge in [0.15, 0.2) is 5.82 Å². The minimum absolute atomic E-state index is 0.491. The van der Waals surface area contributed by atoms with Gasteiger partial charge in [0.2, 0.25) is 0 Å². The fourth-order valence-corrected chi connectivity index (χ4v) is 1.77. The maximum absolute atomic E-state index is 4.09. The normalized spacial score (nSPS) is 10.7. The third kappa shape index (κ3) is 1.97. The summed E-state index contributed by atoms with van der Waals surface area (Å²) in [5.74, 6) is 1.37. The number of aromatic nitrogens is 7. The zero-order valence-corrected chi connectivity index (χ0v) is 9.78. The minimum Gasteiger partial charge on any atom is -0.285 e. The molecule has 7 heteroatoms. The standard InChI is InChI=1S/C11H11N7/c1-8-3-2-4-9(5-8)18-7-12-15-11(18)6-10-13-16-17-14-10/h2-5,7H,6H2,1H3,(H,13,14,16,17). The van der Waals surface area contributed by atoms with Crippen LogP contribution in [-0.2, 0) is 6.42 Å². The van der Waals surface area contributed by atoms with E-state index in [1.54, 1.807) is 6.33 Å². The lowest BCUT2D eigenvalue weighted by Crippen LogP contribution is -2.03. The second kappa shape index (κ2) is 4.36. The van der Waals surface area contributed by atoms with Gasteiger partial charge in [0.05, 0.1) is 6.42 Å². The van der Waals surface area contributed by atoms with Crippen molar-refractivity contribution in [2.24, 2.45) is 0 Å². The highest BCUT2D eigenvalue weighted by atomic mass is 15.5. The van der Waals surface area contributed by atoms with Crippen LogP contribution in [0.15, 0.2) is 30.6 Å². The predicted octanol–water partition coefficient (Wildman–Crippen LogP) is 0.680. The molecule has 1 N–H and O–H groups in total. The summed E-state index contributed by atoms with van der Waals surface area (Å²) in [5, 5.41) is 21.8. The lowest BCUT2D eigenvalue weighted by molar-refractivity contribution is 0.855. The topological polar surface area (TPSA) is 85.2 Å². The molecule has 3 aromatic rings. The lowest BCUT2D eigenvalue weighted by Gasteiger charge is -2.05. The third-order valence-corrected chi connectivity index (χ3v) is 2.60. The molecular formula is C11H11N7. The minimum atomic E-state index is 0.491. The summed E-state index contributed by atoms with van der Waals surface area (Å²) in [6.07, 6.45) is 2.18. The number of tetrazole rings is 1. The highest BCUT2D eigenvalue weighted by molar-refractivity contribution is 5.36. The molecule has 0 atom stereocenters. The zero-order chi connectivity index (χ0) is 12.4. The van der Waals surface area contributed by atoms with Crippen molar-refractivity contribution in [3.8, 4) is 5.69 Å². The van der Waals surface area contributed by atoms with E-state index in [1.807, 2.05) is 29.7 Å². The van der Waals surface area contributed by atoms with Crippen molar-refractivity contribution in [3.63, 3.8) is 0 Å². The summed E-state index contributed by atoms with van der Waals surface area (Å²) in [6, 6.07) is 8.13. The average Bonchev–Trinajstić information content (AvgIpc) is 3.01. The van der Waals surface area contributed by atoms with Crippen LogP contribution >= 0.6 is 0 Å². The zero-order valence-electron chi connectivity index (χ0n) is 9.78. The highest BCUT2D eigenvalue weighted by Gasteiger charge is 2.09. The van der Waals surface area contributed by atoms with E-state index in [-0.39, 0.29) is 0 Å². The molecule has 0 amide bonds. The van der Waals surface area contributed by atoms with Gasteiger partial charge in [-0.15, -0.1) is 20.4 Å². The van der Waals surface area contributed by atoms with Gasteiger partial charge in [0, 0.05) is 5.69 Å². The van der Waals surface area contributed by atoms with Crippen LogP contribution in [0.5, 0.6) is 0 Å². The molecule has 7 nitrogen and oxygen atoms in total. The molecule has 90 valence electrons. The quantitative estimate of drug-likeness (QED) is 0.728. The SMILES string of the molecule is Cc1cccc(-n2cnnc2Cc2nn[nH]n2)c1. The third-order valence-electron chi connectivity index (χ3n) is 2.60. The first-order valence-corrected chi connectivity index (χ1v) is 5.51. The van der Waals surface area contributed by atoms with E-state index in [0.717, 1.165) is 11.5 Å². The monoisotopic (exact) mass is 241 g/mol. The number of aromatic amines is 1. The molecule has 0 radical (unpaired) electrons. The number of rotatable bonds is 3. The van der Waals surface area contributed by atoms with Crippen molar-refractivity contribution in [2.75, 3.05) is 0 Å². The Morgan fingerprint density at radius 1 is 1.28 bits per heavy atom. The maximum Gasteiger partial charge on any atom is 0.182 e. The van der Waals surface area contributed by atoms with Crippen molar-refractivity contribution < 1.29 is 0 Å². The largest absolute Gasteiger partial charge is 0.285 e. The van der Waals surface area contributed by atoms with Gasteiger partial charge < -0.3 is 0 Å². The summed E-state index contributed by atoms with van der Waals surface area (Å²) < 4.78 is 1.92. The Hall–Kier alpha value is -2.57. The molecule has 0 saturated heterocycles. The van der Waals surface area contributed by atoms with Gasteiger partial charge in [-0.05, 0) is 24.6 Å². The Balaban J connectivity index is 1.96. The van der Waals surface area contributed by atoms with Crippen molar-refractivity contribution in [1.29, 1.82) is 0 Å². The second-order valence-electron chi connectivity index (χ2n) is 3.96. The number of aryl methyl sites for hydroxylation is 1. The van der Waals surface area contributed by atoms with Crippen molar-refractivity contribution in [2.45, 2.75) is 13.3 Å². The van der Waals surface area contributed by atoms with Crippen molar-refractivity contribution in [3.05, 3.63) is 47.8 Å².